The first-order valence-electron chi connectivity index (χ1n) is 7.28. The quantitative estimate of drug-likeness (QED) is 0.788. The van der Waals surface area contributed by atoms with Gasteiger partial charge in [-0.15, -0.1) is 0 Å². The second kappa shape index (κ2) is 7.06. The monoisotopic (exact) mass is 263 g/mol. The molecule has 3 unspecified atom stereocenters. The van der Waals surface area contributed by atoms with E-state index in [0.717, 1.165) is 13.0 Å². The molecule has 0 radical (unpaired) electrons. The van der Waals surface area contributed by atoms with Crippen molar-refractivity contribution in [1.29, 1.82) is 0 Å². The molecule has 0 aromatic heterocycles. The summed E-state index contributed by atoms with van der Waals surface area (Å²) in [5.74, 6) is 0.489. The van der Waals surface area contributed by atoms with Crippen molar-refractivity contribution in [1.82, 2.24) is 5.32 Å². The summed E-state index contributed by atoms with van der Waals surface area (Å²) in [6.45, 7) is 11.7. The minimum atomic E-state index is -0.237. The second-order valence-corrected chi connectivity index (χ2v) is 6.59. The van der Waals surface area contributed by atoms with Crippen molar-refractivity contribution in [2.24, 2.45) is 5.41 Å². The largest absolute Gasteiger partial charge is 0.393 e. The van der Waals surface area contributed by atoms with Gasteiger partial charge >= 0.3 is 0 Å². The van der Waals surface area contributed by atoms with E-state index in [1.54, 1.807) is 0 Å². The molecule has 2 heteroatoms. The topological polar surface area (TPSA) is 32.3 Å². The Morgan fingerprint density at radius 2 is 1.68 bits per heavy atom. The van der Waals surface area contributed by atoms with Crippen LogP contribution in [0.15, 0.2) is 30.3 Å². The maximum Gasteiger partial charge on any atom is 0.0517 e. The average molecular weight is 263 g/mol. The first-order valence-corrected chi connectivity index (χ1v) is 7.28. The highest BCUT2D eigenvalue weighted by molar-refractivity contribution is 5.20. The molecule has 0 heterocycles. The molecule has 3 atom stereocenters. The van der Waals surface area contributed by atoms with Crippen LogP contribution in [-0.4, -0.2) is 23.8 Å². The standard InChI is InChI=1S/C17H29NO/c1-13(19)11-17(4,5)12-18-15(3)14(2)16-9-7-6-8-10-16/h6-10,13-15,18-19H,11-12H2,1-5H3. The molecule has 0 saturated heterocycles. The number of aliphatic hydroxyl groups is 1. The zero-order valence-corrected chi connectivity index (χ0v) is 13.0. The van der Waals surface area contributed by atoms with Gasteiger partial charge in [0.15, 0.2) is 0 Å². The fraction of sp³-hybridized carbons (Fsp3) is 0.647. The number of hydrogen-bond donors (Lipinski definition) is 2. The van der Waals surface area contributed by atoms with E-state index in [2.05, 4.69) is 63.3 Å². The maximum absolute atomic E-state index is 9.51. The van der Waals surface area contributed by atoms with Crippen LogP contribution in [0.3, 0.4) is 0 Å². The fourth-order valence-electron chi connectivity index (χ4n) is 2.53. The van der Waals surface area contributed by atoms with Crippen LogP contribution in [0.1, 0.15) is 52.5 Å². The van der Waals surface area contributed by atoms with E-state index < -0.39 is 0 Å². The van der Waals surface area contributed by atoms with Gasteiger partial charge in [-0.05, 0) is 37.2 Å². The maximum atomic E-state index is 9.51. The van der Waals surface area contributed by atoms with Crippen LogP contribution in [0.25, 0.3) is 0 Å². The van der Waals surface area contributed by atoms with Gasteiger partial charge in [-0.3, -0.25) is 0 Å². The molecule has 1 aromatic rings. The third-order valence-corrected chi connectivity index (χ3v) is 3.83. The lowest BCUT2D eigenvalue weighted by atomic mass is 9.86. The number of benzene rings is 1. The number of nitrogens with one attached hydrogen (secondary N) is 1. The van der Waals surface area contributed by atoms with E-state index in [-0.39, 0.29) is 11.5 Å². The van der Waals surface area contributed by atoms with E-state index in [0.29, 0.717) is 12.0 Å². The van der Waals surface area contributed by atoms with E-state index in [1.165, 1.54) is 5.56 Å². The van der Waals surface area contributed by atoms with Gasteiger partial charge in [-0.1, -0.05) is 51.1 Å². The van der Waals surface area contributed by atoms with Crippen LogP contribution in [0, 0.1) is 5.41 Å². The predicted molar refractivity (Wildman–Crippen MR) is 82.4 cm³/mol. The highest BCUT2D eigenvalue weighted by Gasteiger charge is 2.22. The first-order chi connectivity index (χ1) is 8.82. The fourth-order valence-corrected chi connectivity index (χ4v) is 2.53. The van der Waals surface area contributed by atoms with Gasteiger partial charge in [0.05, 0.1) is 6.10 Å². The SMILES string of the molecule is CC(O)CC(C)(C)CNC(C)C(C)c1ccccc1. The summed E-state index contributed by atoms with van der Waals surface area (Å²) in [7, 11) is 0. The first kappa shape index (κ1) is 16.2. The smallest absolute Gasteiger partial charge is 0.0517 e. The van der Waals surface area contributed by atoms with E-state index >= 15 is 0 Å². The van der Waals surface area contributed by atoms with Crippen LogP contribution in [0.5, 0.6) is 0 Å². The second-order valence-electron chi connectivity index (χ2n) is 6.59. The lowest BCUT2D eigenvalue weighted by Crippen LogP contribution is -2.39. The van der Waals surface area contributed by atoms with Gasteiger partial charge in [0.25, 0.3) is 0 Å². The third-order valence-electron chi connectivity index (χ3n) is 3.83. The number of aliphatic hydroxyl groups excluding tert-OH is 1. The van der Waals surface area contributed by atoms with Crippen molar-refractivity contribution in [2.75, 3.05) is 6.54 Å². The Morgan fingerprint density at radius 3 is 2.21 bits per heavy atom. The van der Waals surface area contributed by atoms with Crippen LogP contribution in [-0.2, 0) is 0 Å². The Balaban J connectivity index is 2.49. The van der Waals surface area contributed by atoms with Gasteiger partial charge < -0.3 is 10.4 Å². The summed E-state index contributed by atoms with van der Waals surface area (Å²) in [6, 6.07) is 11.0. The lowest BCUT2D eigenvalue weighted by molar-refractivity contribution is 0.126. The van der Waals surface area contributed by atoms with Crippen LogP contribution in [0.2, 0.25) is 0 Å². The van der Waals surface area contributed by atoms with E-state index in [4.69, 9.17) is 0 Å². The Morgan fingerprint density at radius 1 is 1.11 bits per heavy atom. The average Bonchev–Trinajstić information content (AvgIpc) is 2.34. The van der Waals surface area contributed by atoms with Crippen molar-refractivity contribution in [3.8, 4) is 0 Å². The molecule has 2 N–H and O–H groups in total. The van der Waals surface area contributed by atoms with Gasteiger partial charge in [-0.2, -0.15) is 0 Å². The number of rotatable bonds is 7. The molecule has 108 valence electrons. The summed E-state index contributed by atoms with van der Waals surface area (Å²) in [5, 5.41) is 13.1. The molecule has 0 spiro atoms. The van der Waals surface area contributed by atoms with Crippen LogP contribution in [0.4, 0.5) is 0 Å². The molecular formula is C17H29NO. The van der Waals surface area contributed by atoms with Crippen molar-refractivity contribution in [2.45, 2.75) is 59.1 Å². The Kier molecular flexibility index (Phi) is 6.02. The van der Waals surface area contributed by atoms with E-state index in [1.807, 2.05) is 6.92 Å². The molecule has 19 heavy (non-hydrogen) atoms. The summed E-state index contributed by atoms with van der Waals surface area (Å²) in [5.41, 5.74) is 1.49. The van der Waals surface area contributed by atoms with Gasteiger partial charge in [0.2, 0.25) is 0 Å². The predicted octanol–water partition coefficient (Wildman–Crippen LogP) is 3.57. The van der Waals surface area contributed by atoms with Gasteiger partial charge in [0.1, 0.15) is 0 Å². The molecule has 0 amide bonds. The Bertz CT molecular complexity index is 359. The van der Waals surface area contributed by atoms with Crippen molar-refractivity contribution in [3.63, 3.8) is 0 Å². The highest BCUT2D eigenvalue weighted by atomic mass is 16.3. The lowest BCUT2D eigenvalue weighted by Gasteiger charge is -2.30. The Hall–Kier alpha value is -0.860. The molecule has 0 aliphatic carbocycles. The summed E-state index contributed by atoms with van der Waals surface area (Å²) < 4.78 is 0. The number of hydrogen-bond acceptors (Lipinski definition) is 2. The molecular weight excluding hydrogens is 234 g/mol. The zero-order chi connectivity index (χ0) is 14.5. The molecule has 0 aliphatic rings. The molecule has 0 fully saturated rings. The highest BCUT2D eigenvalue weighted by Crippen LogP contribution is 2.23. The van der Waals surface area contributed by atoms with Gasteiger partial charge in [0, 0.05) is 12.6 Å². The molecule has 1 aromatic carbocycles. The molecule has 1 rings (SSSR count). The summed E-state index contributed by atoms with van der Waals surface area (Å²) in [4.78, 5) is 0. The Labute approximate surface area is 118 Å². The molecule has 0 aliphatic heterocycles. The minimum absolute atomic E-state index is 0.124. The molecule has 2 nitrogen and oxygen atoms in total. The minimum Gasteiger partial charge on any atom is -0.393 e. The van der Waals surface area contributed by atoms with Crippen molar-refractivity contribution in [3.05, 3.63) is 35.9 Å². The van der Waals surface area contributed by atoms with Gasteiger partial charge in [-0.25, -0.2) is 0 Å². The molecule has 0 bridgehead atoms. The third kappa shape index (κ3) is 5.75. The van der Waals surface area contributed by atoms with Crippen molar-refractivity contribution >= 4 is 0 Å². The normalized spacial score (nSPS) is 16.9. The van der Waals surface area contributed by atoms with Crippen LogP contribution >= 0.6 is 0 Å². The van der Waals surface area contributed by atoms with E-state index in [9.17, 15) is 5.11 Å². The van der Waals surface area contributed by atoms with Crippen LogP contribution < -0.4 is 5.32 Å². The summed E-state index contributed by atoms with van der Waals surface area (Å²) >= 11 is 0. The zero-order valence-electron chi connectivity index (χ0n) is 13.0. The summed E-state index contributed by atoms with van der Waals surface area (Å²) in [6.07, 6.45) is 0.588. The van der Waals surface area contributed by atoms with Crippen molar-refractivity contribution < 1.29 is 5.11 Å². The molecule has 0 saturated carbocycles.